The zero-order chi connectivity index (χ0) is 21.2. The lowest BCUT2D eigenvalue weighted by molar-refractivity contribution is 0.0755. The average Bonchev–Trinajstić information content (AvgIpc) is 2.94. The third-order valence-electron chi connectivity index (χ3n) is 6.79. The van der Waals surface area contributed by atoms with Crippen molar-refractivity contribution in [3.8, 4) is 0 Å². The summed E-state index contributed by atoms with van der Waals surface area (Å²) < 4.78 is 19.6. The van der Waals surface area contributed by atoms with Gasteiger partial charge in [0.05, 0.1) is 18.3 Å². The number of hydrogen-bond acceptors (Lipinski definition) is 3. The Morgan fingerprint density at radius 2 is 1.83 bits per heavy atom. The summed E-state index contributed by atoms with van der Waals surface area (Å²) in [5.74, 6) is 1.10. The van der Waals surface area contributed by atoms with E-state index in [9.17, 15) is 14.6 Å². The van der Waals surface area contributed by atoms with Crippen LogP contribution in [0.5, 0.6) is 0 Å². The van der Waals surface area contributed by atoms with Crippen LogP contribution >= 0.6 is 0 Å². The minimum absolute atomic E-state index is 0.171. The Kier molecular flexibility index (Phi) is 10.9. The predicted octanol–water partition coefficient (Wildman–Crippen LogP) is 6.10. The molecule has 2 aliphatic rings. The van der Waals surface area contributed by atoms with E-state index in [2.05, 4.69) is 20.8 Å². The molecule has 0 spiro atoms. The van der Waals surface area contributed by atoms with E-state index in [0.717, 1.165) is 32.3 Å². The molecule has 5 unspecified atom stereocenters. The van der Waals surface area contributed by atoms with Crippen molar-refractivity contribution in [2.45, 2.75) is 110 Å². The maximum absolute atomic E-state index is 14.0. The standard InChI is InChI=1S/C25H43FO3/c1-18(2)29-16-10-6-4-5-7-11-20-19(3)17-25(28)21(20)14-15-24(27)22-12-8-9-13-23(22)26/h8,12,18-21,24-25,27-28H,4-7,9-11,13-17H2,1-3H3. The molecule has 0 radical (unpaired) electrons. The first-order chi connectivity index (χ1) is 13.9. The van der Waals surface area contributed by atoms with Crippen LogP contribution in [-0.4, -0.2) is 35.1 Å². The number of unbranched alkanes of at least 4 members (excludes halogenated alkanes) is 4. The van der Waals surface area contributed by atoms with Crippen molar-refractivity contribution in [1.82, 2.24) is 0 Å². The number of allylic oxidation sites excluding steroid dienone is 2. The van der Waals surface area contributed by atoms with E-state index in [4.69, 9.17) is 4.74 Å². The first-order valence-corrected chi connectivity index (χ1v) is 11.9. The van der Waals surface area contributed by atoms with Crippen LogP contribution in [0, 0.1) is 17.8 Å². The number of hydrogen-bond donors (Lipinski definition) is 2. The van der Waals surface area contributed by atoms with E-state index in [0.29, 0.717) is 42.8 Å². The Labute approximate surface area is 177 Å². The highest BCUT2D eigenvalue weighted by atomic mass is 19.1. The van der Waals surface area contributed by atoms with Crippen LogP contribution < -0.4 is 0 Å². The average molecular weight is 411 g/mol. The van der Waals surface area contributed by atoms with Crippen LogP contribution in [-0.2, 0) is 4.74 Å². The summed E-state index contributed by atoms with van der Waals surface area (Å²) in [4.78, 5) is 0. The maximum Gasteiger partial charge on any atom is 0.106 e. The topological polar surface area (TPSA) is 49.7 Å². The lowest BCUT2D eigenvalue weighted by Gasteiger charge is -2.26. The summed E-state index contributed by atoms with van der Waals surface area (Å²) in [6, 6.07) is 0. The minimum atomic E-state index is -0.747. The van der Waals surface area contributed by atoms with Gasteiger partial charge in [-0.25, -0.2) is 4.39 Å². The zero-order valence-corrected chi connectivity index (χ0v) is 18.8. The molecule has 3 nitrogen and oxygen atoms in total. The molecule has 0 aromatic rings. The van der Waals surface area contributed by atoms with Crippen LogP contribution in [0.1, 0.15) is 91.4 Å². The maximum atomic E-state index is 14.0. The molecule has 4 heteroatoms. The minimum Gasteiger partial charge on any atom is -0.393 e. The quantitative estimate of drug-likeness (QED) is 0.361. The fourth-order valence-corrected chi connectivity index (χ4v) is 5.13. The molecule has 168 valence electrons. The van der Waals surface area contributed by atoms with Crippen LogP contribution in [0.3, 0.4) is 0 Å². The molecule has 2 aliphatic carbocycles. The summed E-state index contributed by atoms with van der Waals surface area (Å²) in [5.41, 5.74) is 0.454. The molecule has 5 atom stereocenters. The monoisotopic (exact) mass is 410 g/mol. The molecule has 0 aromatic heterocycles. The molecule has 0 bridgehead atoms. The lowest BCUT2D eigenvalue weighted by atomic mass is 9.81. The molecular weight excluding hydrogens is 367 g/mol. The SMILES string of the molecule is CC(C)OCCCCCCCC1C(C)CC(O)C1CCC(O)C1=C(F)CCC=C1. The highest BCUT2D eigenvalue weighted by Gasteiger charge is 2.39. The predicted molar refractivity (Wildman–Crippen MR) is 117 cm³/mol. The Bertz CT molecular complexity index is 528. The van der Waals surface area contributed by atoms with Gasteiger partial charge in [0, 0.05) is 18.6 Å². The smallest absolute Gasteiger partial charge is 0.106 e. The largest absolute Gasteiger partial charge is 0.393 e. The van der Waals surface area contributed by atoms with Gasteiger partial charge in [-0.1, -0.05) is 44.8 Å². The van der Waals surface area contributed by atoms with E-state index >= 15 is 0 Å². The molecule has 0 heterocycles. The van der Waals surface area contributed by atoms with Gasteiger partial charge < -0.3 is 14.9 Å². The number of rotatable bonds is 13. The fourth-order valence-electron chi connectivity index (χ4n) is 5.13. The van der Waals surface area contributed by atoms with Crippen LogP contribution in [0.4, 0.5) is 4.39 Å². The van der Waals surface area contributed by atoms with Crippen LogP contribution in [0.25, 0.3) is 0 Å². The molecule has 2 N–H and O–H groups in total. The van der Waals surface area contributed by atoms with Gasteiger partial charge in [-0.2, -0.15) is 0 Å². The van der Waals surface area contributed by atoms with Gasteiger partial charge in [0.1, 0.15) is 5.83 Å². The van der Waals surface area contributed by atoms with Crippen LogP contribution in [0.2, 0.25) is 0 Å². The van der Waals surface area contributed by atoms with E-state index in [1.807, 2.05) is 6.08 Å². The first kappa shape index (κ1) is 24.6. The van der Waals surface area contributed by atoms with Crippen molar-refractivity contribution in [3.05, 3.63) is 23.6 Å². The second-order valence-corrected chi connectivity index (χ2v) is 9.48. The molecule has 0 aromatic carbocycles. The normalized spacial score (nSPS) is 28.5. The summed E-state index contributed by atoms with van der Waals surface area (Å²) >= 11 is 0. The second-order valence-electron chi connectivity index (χ2n) is 9.48. The molecule has 0 amide bonds. The number of aliphatic hydroxyl groups excluding tert-OH is 2. The number of halogens is 1. The molecule has 2 rings (SSSR count). The first-order valence-electron chi connectivity index (χ1n) is 11.9. The van der Waals surface area contributed by atoms with Gasteiger partial charge in [-0.15, -0.1) is 0 Å². The van der Waals surface area contributed by atoms with Gasteiger partial charge in [-0.3, -0.25) is 0 Å². The van der Waals surface area contributed by atoms with Crippen molar-refractivity contribution >= 4 is 0 Å². The zero-order valence-electron chi connectivity index (χ0n) is 18.8. The summed E-state index contributed by atoms with van der Waals surface area (Å²) in [7, 11) is 0. The molecular formula is C25H43FO3. The molecule has 1 saturated carbocycles. The van der Waals surface area contributed by atoms with E-state index in [1.54, 1.807) is 6.08 Å². The third kappa shape index (κ3) is 8.15. The van der Waals surface area contributed by atoms with Crippen LogP contribution in [0.15, 0.2) is 23.6 Å². The van der Waals surface area contributed by atoms with E-state index in [1.165, 1.54) is 25.7 Å². The van der Waals surface area contributed by atoms with E-state index in [-0.39, 0.29) is 17.8 Å². The molecule has 1 fully saturated rings. The Morgan fingerprint density at radius 3 is 2.55 bits per heavy atom. The van der Waals surface area contributed by atoms with Crippen molar-refractivity contribution in [1.29, 1.82) is 0 Å². The summed E-state index contributed by atoms with van der Waals surface area (Å²) in [5, 5.41) is 21.0. The highest BCUT2D eigenvalue weighted by molar-refractivity contribution is 5.29. The van der Waals surface area contributed by atoms with Crippen molar-refractivity contribution in [3.63, 3.8) is 0 Å². The Morgan fingerprint density at radius 1 is 1.10 bits per heavy atom. The Hall–Kier alpha value is -0.710. The van der Waals surface area contributed by atoms with Gasteiger partial charge in [-0.05, 0) is 70.1 Å². The second kappa shape index (κ2) is 12.9. The number of ether oxygens (including phenoxy) is 1. The van der Waals surface area contributed by atoms with Crippen molar-refractivity contribution in [2.75, 3.05) is 6.61 Å². The third-order valence-corrected chi connectivity index (χ3v) is 6.79. The fraction of sp³-hybridized carbons (Fsp3) is 0.840. The van der Waals surface area contributed by atoms with Gasteiger partial charge in [0.25, 0.3) is 0 Å². The number of aliphatic hydroxyl groups is 2. The molecule has 0 aliphatic heterocycles. The molecule has 29 heavy (non-hydrogen) atoms. The van der Waals surface area contributed by atoms with Gasteiger partial charge >= 0.3 is 0 Å². The van der Waals surface area contributed by atoms with Crippen molar-refractivity contribution < 1.29 is 19.3 Å². The highest BCUT2D eigenvalue weighted by Crippen LogP contribution is 2.43. The lowest BCUT2D eigenvalue weighted by Crippen LogP contribution is -2.23. The molecule has 0 saturated heterocycles. The van der Waals surface area contributed by atoms with Gasteiger partial charge in [0.2, 0.25) is 0 Å². The van der Waals surface area contributed by atoms with Crippen molar-refractivity contribution in [2.24, 2.45) is 17.8 Å². The van der Waals surface area contributed by atoms with E-state index < -0.39 is 6.10 Å². The summed E-state index contributed by atoms with van der Waals surface area (Å²) in [6.07, 6.45) is 13.4. The Balaban J connectivity index is 1.70. The van der Waals surface area contributed by atoms with Gasteiger partial charge in [0.15, 0.2) is 0 Å². The summed E-state index contributed by atoms with van der Waals surface area (Å²) in [6.45, 7) is 7.26.